The van der Waals surface area contributed by atoms with E-state index in [4.69, 9.17) is 5.11 Å². The van der Waals surface area contributed by atoms with Gasteiger partial charge >= 0.3 is 6.03 Å². The number of carbonyl (C=O) groups excluding carboxylic acids is 1. The summed E-state index contributed by atoms with van der Waals surface area (Å²) in [5.74, 6) is -0.346. The van der Waals surface area contributed by atoms with Crippen LogP contribution in [0.4, 0.5) is 14.9 Å². The van der Waals surface area contributed by atoms with Crippen LogP contribution in [0.25, 0.3) is 0 Å². The van der Waals surface area contributed by atoms with Crippen LogP contribution in [0.5, 0.6) is 0 Å². The van der Waals surface area contributed by atoms with Gasteiger partial charge in [0.15, 0.2) is 0 Å². The van der Waals surface area contributed by atoms with E-state index in [1.54, 1.807) is 19.1 Å². The van der Waals surface area contributed by atoms with Crippen molar-refractivity contribution in [2.45, 2.75) is 32.7 Å². The fraction of sp³-hybridized carbons (Fsp3) is 0.462. The molecule has 0 heterocycles. The number of aliphatic hydroxyl groups is 1. The van der Waals surface area contributed by atoms with Gasteiger partial charge in [-0.1, -0.05) is 6.07 Å². The average Bonchev–Trinajstić information content (AvgIpc) is 2.31. The maximum atomic E-state index is 13.3. The van der Waals surface area contributed by atoms with Crippen molar-refractivity contribution in [3.8, 4) is 0 Å². The molecule has 100 valence electrons. The standard InChI is InChI=1S/C13H19FN2O2/c1-9-5-6-11(8-12(9)14)16-13(18)15-10(2)4-3-7-17/h5-6,8,10,17H,3-4,7H2,1-2H3,(H2,15,16,18). The summed E-state index contributed by atoms with van der Waals surface area (Å²) in [7, 11) is 0. The van der Waals surface area contributed by atoms with Gasteiger partial charge < -0.3 is 15.7 Å². The molecule has 0 aromatic heterocycles. The first-order valence-electron chi connectivity index (χ1n) is 5.97. The molecule has 18 heavy (non-hydrogen) atoms. The second-order valence-corrected chi connectivity index (χ2v) is 4.33. The van der Waals surface area contributed by atoms with Crippen LogP contribution in [0.1, 0.15) is 25.3 Å². The molecule has 5 heteroatoms. The van der Waals surface area contributed by atoms with Crippen molar-refractivity contribution in [3.63, 3.8) is 0 Å². The summed E-state index contributed by atoms with van der Waals surface area (Å²) in [4.78, 5) is 11.6. The molecule has 0 aliphatic rings. The van der Waals surface area contributed by atoms with Crippen LogP contribution in [0.15, 0.2) is 18.2 Å². The normalized spacial score (nSPS) is 12.0. The lowest BCUT2D eigenvalue weighted by Crippen LogP contribution is -2.36. The Labute approximate surface area is 106 Å². The minimum absolute atomic E-state index is 0.0348. The molecule has 0 aliphatic heterocycles. The zero-order valence-electron chi connectivity index (χ0n) is 10.7. The van der Waals surface area contributed by atoms with Gasteiger partial charge in [0.1, 0.15) is 5.82 Å². The van der Waals surface area contributed by atoms with Crippen LogP contribution in [0.2, 0.25) is 0 Å². The summed E-state index contributed by atoms with van der Waals surface area (Å²) in [5.41, 5.74) is 0.960. The van der Waals surface area contributed by atoms with E-state index in [1.807, 2.05) is 6.92 Å². The molecule has 1 rings (SSSR count). The molecular formula is C13H19FN2O2. The summed E-state index contributed by atoms with van der Waals surface area (Å²) >= 11 is 0. The molecule has 0 aliphatic carbocycles. The highest BCUT2D eigenvalue weighted by Crippen LogP contribution is 2.13. The van der Waals surface area contributed by atoms with Crippen LogP contribution in [-0.4, -0.2) is 23.8 Å². The Balaban J connectivity index is 2.46. The van der Waals surface area contributed by atoms with Gasteiger partial charge in [-0.2, -0.15) is 0 Å². The number of anilines is 1. The molecule has 1 aromatic carbocycles. The smallest absolute Gasteiger partial charge is 0.319 e. The van der Waals surface area contributed by atoms with Crippen molar-refractivity contribution in [1.82, 2.24) is 5.32 Å². The maximum absolute atomic E-state index is 13.3. The Kier molecular flexibility index (Phi) is 5.58. The number of nitrogens with one attached hydrogen (secondary N) is 2. The first kappa shape index (κ1) is 14.4. The Bertz CT molecular complexity index is 410. The molecule has 1 aromatic rings. The molecule has 1 unspecified atom stereocenters. The van der Waals surface area contributed by atoms with Crippen molar-refractivity contribution in [3.05, 3.63) is 29.6 Å². The first-order chi connectivity index (χ1) is 8.52. The molecule has 0 fully saturated rings. The zero-order chi connectivity index (χ0) is 13.5. The predicted molar refractivity (Wildman–Crippen MR) is 69.1 cm³/mol. The number of aliphatic hydroxyl groups excluding tert-OH is 1. The van der Waals surface area contributed by atoms with Gasteiger partial charge in [-0.25, -0.2) is 9.18 Å². The third-order valence-corrected chi connectivity index (χ3v) is 2.60. The Hall–Kier alpha value is -1.62. The Morgan fingerprint density at radius 1 is 1.50 bits per heavy atom. The summed E-state index contributed by atoms with van der Waals surface area (Å²) < 4.78 is 13.3. The quantitative estimate of drug-likeness (QED) is 0.755. The second-order valence-electron chi connectivity index (χ2n) is 4.33. The number of urea groups is 1. The number of hydrogen-bond acceptors (Lipinski definition) is 2. The van der Waals surface area contributed by atoms with Crippen molar-refractivity contribution in [2.75, 3.05) is 11.9 Å². The van der Waals surface area contributed by atoms with E-state index in [2.05, 4.69) is 10.6 Å². The van der Waals surface area contributed by atoms with E-state index in [9.17, 15) is 9.18 Å². The van der Waals surface area contributed by atoms with Gasteiger partial charge in [-0.3, -0.25) is 0 Å². The largest absolute Gasteiger partial charge is 0.396 e. The fourth-order valence-electron chi connectivity index (χ4n) is 1.53. The number of amides is 2. The number of hydrogen-bond donors (Lipinski definition) is 3. The van der Waals surface area contributed by atoms with Crippen LogP contribution < -0.4 is 10.6 Å². The van der Waals surface area contributed by atoms with Gasteiger partial charge in [0.05, 0.1) is 0 Å². The van der Waals surface area contributed by atoms with Gasteiger partial charge in [0.2, 0.25) is 0 Å². The van der Waals surface area contributed by atoms with E-state index in [0.29, 0.717) is 24.1 Å². The molecular weight excluding hydrogens is 235 g/mol. The van der Waals surface area contributed by atoms with E-state index < -0.39 is 0 Å². The van der Waals surface area contributed by atoms with Crippen molar-refractivity contribution < 1.29 is 14.3 Å². The summed E-state index contributed by atoms with van der Waals surface area (Å²) in [6.45, 7) is 3.62. The molecule has 1 atom stereocenters. The number of benzene rings is 1. The predicted octanol–water partition coefficient (Wildman–Crippen LogP) is 2.42. The van der Waals surface area contributed by atoms with Gasteiger partial charge in [-0.05, 0) is 44.4 Å². The zero-order valence-corrected chi connectivity index (χ0v) is 10.7. The van der Waals surface area contributed by atoms with E-state index >= 15 is 0 Å². The molecule has 0 radical (unpaired) electrons. The highest BCUT2D eigenvalue weighted by atomic mass is 19.1. The van der Waals surface area contributed by atoms with Gasteiger partial charge in [-0.15, -0.1) is 0 Å². The van der Waals surface area contributed by atoms with E-state index in [0.717, 1.165) is 0 Å². The summed E-state index contributed by atoms with van der Waals surface area (Å²) in [6.07, 6.45) is 1.34. The van der Waals surface area contributed by atoms with Crippen molar-refractivity contribution in [1.29, 1.82) is 0 Å². The SMILES string of the molecule is Cc1ccc(NC(=O)NC(C)CCCO)cc1F. The summed E-state index contributed by atoms with van der Waals surface area (Å²) in [6, 6.07) is 4.14. The average molecular weight is 254 g/mol. The van der Waals surface area contributed by atoms with Crippen LogP contribution in [0, 0.1) is 12.7 Å². The Morgan fingerprint density at radius 3 is 2.83 bits per heavy atom. The minimum Gasteiger partial charge on any atom is -0.396 e. The minimum atomic E-state index is -0.372. The van der Waals surface area contributed by atoms with Gasteiger partial charge in [0, 0.05) is 18.3 Å². The highest BCUT2D eigenvalue weighted by molar-refractivity contribution is 5.89. The van der Waals surface area contributed by atoms with Crippen LogP contribution in [-0.2, 0) is 0 Å². The highest BCUT2D eigenvalue weighted by Gasteiger charge is 2.07. The molecule has 0 saturated carbocycles. The number of carbonyl (C=O) groups is 1. The lowest BCUT2D eigenvalue weighted by Gasteiger charge is -2.14. The van der Waals surface area contributed by atoms with Crippen molar-refractivity contribution in [2.24, 2.45) is 0 Å². The lowest BCUT2D eigenvalue weighted by atomic mass is 10.2. The molecule has 3 N–H and O–H groups in total. The number of rotatable bonds is 5. The lowest BCUT2D eigenvalue weighted by molar-refractivity contribution is 0.245. The van der Waals surface area contributed by atoms with E-state index in [1.165, 1.54) is 6.07 Å². The molecule has 4 nitrogen and oxygen atoms in total. The molecule has 2 amide bonds. The number of aryl methyl sites for hydroxylation is 1. The monoisotopic (exact) mass is 254 g/mol. The number of halogens is 1. The van der Waals surface area contributed by atoms with Crippen LogP contribution in [0.3, 0.4) is 0 Å². The molecule has 0 saturated heterocycles. The first-order valence-corrected chi connectivity index (χ1v) is 5.97. The van der Waals surface area contributed by atoms with Crippen molar-refractivity contribution >= 4 is 11.7 Å². The molecule has 0 spiro atoms. The second kappa shape index (κ2) is 6.96. The fourth-order valence-corrected chi connectivity index (χ4v) is 1.53. The third kappa shape index (κ3) is 4.71. The van der Waals surface area contributed by atoms with E-state index in [-0.39, 0.29) is 24.5 Å². The maximum Gasteiger partial charge on any atom is 0.319 e. The topological polar surface area (TPSA) is 61.4 Å². The Morgan fingerprint density at radius 2 is 2.22 bits per heavy atom. The summed E-state index contributed by atoms with van der Waals surface area (Å²) in [5, 5.41) is 13.9. The van der Waals surface area contributed by atoms with Crippen LogP contribution >= 0.6 is 0 Å². The third-order valence-electron chi connectivity index (χ3n) is 2.60. The molecule has 0 bridgehead atoms. The van der Waals surface area contributed by atoms with Gasteiger partial charge in [0.25, 0.3) is 0 Å².